The number of ether oxygens (including phenoxy) is 1. The van der Waals surface area contributed by atoms with Crippen LogP contribution in [0.2, 0.25) is 5.02 Å². The summed E-state index contributed by atoms with van der Waals surface area (Å²) in [4.78, 5) is 7.63. The van der Waals surface area contributed by atoms with E-state index in [4.69, 9.17) is 22.1 Å². The van der Waals surface area contributed by atoms with Crippen LogP contribution in [0.25, 0.3) is 0 Å². The second-order valence-electron chi connectivity index (χ2n) is 4.78. The molecule has 1 aliphatic heterocycles. The Balaban J connectivity index is 0.00000161. The molecule has 7 heteroatoms. The summed E-state index contributed by atoms with van der Waals surface area (Å²) in [6, 6.07) is 7.87. The first-order valence-corrected chi connectivity index (χ1v) is 7.70. The molecule has 4 nitrogen and oxygen atoms in total. The Morgan fingerprint density at radius 1 is 1.43 bits per heavy atom. The van der Waals surface area contributed by atoms with Gasteiger partial charge in [0.25, 0.3) is 0 Å². The summed E-state index contributed by atoms with van der Waals surface area (Å²) in [5.74, 6) is 0. The Morgan fingerprint density at radius 2 is 2.24 bits per heavy atom. The Morgan fingerprint density at radius 3 is 2.95 bits per heavy atom. The molecule has 1 unspecified atom stereocenters. The fraction of sp³-hybridized carbons (Fsp3) is 0.357. The summed E-state index contributed by atoms with van der Waals surface area (Å²) in [7, 11) is 0. The van der Waals surface area contributed by atoms with E-state index in [0.717, 1.165) is 30.2 Å². The average Bonchev–Trinajstić information content (AvgIpc) is 2.85. The van der Waals surface area contributed by atoms with Crippen molar-refractivity contribution >= 4 is 40.5 Å². The molecule has 114 valence electrons. The van der Waals surface area contributed by atoms with Gasteiger partial charge < -0.3 is 10.5 Å². The lowest BCUT2D eigenvalue weighted by Gasteiger charge is -2.33. The summed E-state index contributed by atoms with van der Waals surface area (Å²) in [6.45, 7) is 3.32. The van der Waals surface area contributed by atoms with Gasteiger partial charge in [-0.1, -0.05) is 29.8 Å². The highest BCUT2D eigenvalue weighted by atomic mass is 35.5. The van der Waals surface area contributed by atoms with E-state index in [9.17, 15) is 0 Å². The minimum atomic E-state index is 0. The van der Waals surface area contributed by atoms with E-state index in [1.54, 1.807) is 0 Å². The van der Waals surface area contributed by atoms with E-state index in [1.165, 1.54) is 16.2 Å². The SMILES string of the molecule is Cl.Nc1ncc(CN2CCOC(c3ccccc3Cl)C2)s1. The molecule has 1 aliphatic rings. The maximum absolute atomic E-state index is 6.25. The Bertz CT molecular complexity index is 593. The quantitative estimate of drug-likeness (QED) is 0.926. The molecule has 1 aromatic heterocycles. The first-order valence-electron chi connectivity index (χ1n) is 6.51. The molecule has 0 amide bonds. The molecule has 1 saturated heterocycles. The van der Waals surface area contributed by atoms with Crippen molar-refractivity contribution in [2.75, 3.05) is 25.4 Å². The number of benzene rings is 1. The predicted octanol–water partition coefficient (Wildman–Crippen LogP) is 3.37. The molecule has 0 saturated carbocycles. The molecular formula is C14H17Cl2N3OS. The van der Waals surface area contributed by atoms with Gasteiger partial charge in [0.1, 0.15) is 0 Å². The van der Waals surface area contributed by atoms with Crippen molar-refractivity contribution in [2.45, 2.75) is 12.6 Å². The first-order chi connectivity index (χ1) is 9.72. The topological polar surface area (TPSA) is 51.4 Å². The number of thiazole rings is 1. The number of hydrogen-bond acceptors (Lipinski definition) is 5. The van der Waals surface area contributed by atoms with Gasteiger partial charge in [-0.3, -0.25) is 4.90 Å². The van der Waals surface area contributed by atoms with Crippen LogP contribution >= 0.6 is 35.3 Å². The summed E-state index contributed by atoms with van der Waals surface area (Å²) in [5, 5.41) is 1.39. The van der Waals surface area contributed by atoms with Crippen molar-refractivity contribution in [3.05, 3.63) is 45.9 Å². The highest BCUT2D eigenvalue weighted by Gasteiger charge is 2.23. The van der Waals surface area contributed by atoms with Crippen molar-refractivity contribution in [2.24, 2.45) is 0 Å². The summed E-state index contributed by atoms with van der Waals surface area (Å²) >= 11 is 7.79. The van der Waals surface area contributed by atoms with Crippen LogP contribution in [0.5, 0.6) is 0 Å². The third kappa shape index (κ3) is 4.08. The van der Waals surface area contributed by atoms with Gasteiger partial charge >= 0.3 is 0 Å². The van der Waals surface area contributed by atoms with Crippen molar-refractivity contribution < 1.29 is 4.74 Å². The summed E-state index contributed by atoms with van der Waals surface area (Å²) in [5.41, 5.74) is 6.73. The zero-order valence-corrected chi connectivity index (χ0v) is 13.8. The molecule has 1 aromatic carbocycles. The van der Waals surface area contributed by atoms with Gasteiger partial charge in [0.2, 0.25) is 0 Å². The van der Waals surface area contributed by atoms with E-state index in [2.05, 4.69) is 9.88 Å². The van der Waals surface area contributed by atoms with Crippen LogP contribution in [0, 0.1) is 0 Å². The van der Waals surface area contributed by atoms with E-state index < -0.39 is 0 Å². The molecular weight excluding hydrogens is 329 g/mol. The van der Waals surface area contributed by atoms with Gasteiger partial charge in [-0.05, 0) is 6.07 Å². The zero-order valence-electron chi connectivity index (χ0n) is 11.4. The summed E-state index contributed by atoms with van der Waals surface area (Å²) < 4.78 is 5.85. The van der Waals surface area contributed by atoms with E-state index in [-0.39, 0.29) is 18.5 Å². The van der Waals surface area contributed by atoms with E-state index in [1.807, 2.05) is 30.5 Å². The van der Waals surface area contributed by atoms with Crippen molar-refractivity contribution in [1.82, 2.24) is 9.88 Å². The molecule has 2 aromatic rings. The largest absolute Gasteiger partial charge is 0.375 e. The lowest BCUT2D eigenvalue weighted by molar-refractivity contribution is -0.0325. The average molecular weight is 346 g/mol. The number of hydrogen-bond donors (Lipinski definition) is 1. The van der Waals surface area contributed by atoms with Gasteiger partial charge in [0.05, 0.1) is 12.7 Å². The number of aromatic nitrogens is 1. The lowest BCUT2D eigenvalue weighted by Crippen LogP contribution is -2.37. The first kappa shape index (κ1) is 16.5. The Hall–Kier alpha value is -0.850. The molecule has 2 heterocycles. The van der Waals surface area contributed by atoms with Crippen LogP contribution in [-0.2, 0) is 11.3 Å². The molecule has 0 bridgehead atoms. The lowest BCUT2D eigenvalue weighted by atomic mass is 10.1. The molecule has 0 spiro atoms. The molecule has 0 radical (unpaired) electrons. The van der Waals surface area contributed by atoms with Crippen LogP contribution in [0.4, 0.5) is 5.13 Å². The van der Waals surface area contributed by atoms with Crippen molar-refractivity contribution in [1.29, 1.82) is 0 Å². The van der Waals surface area contributed by atoms with E-state index >= 15 is 0 Å². The maximum Gasteiger partial charge on any atom is 0.180 e. The second-order valence-corrected chi connectivity index (χ2v) is 6.33. The highest BCUT2D eigenvalue weighted by molar-refractivity contribution is 7.15. The standard InChI is InChI=1S/C14H16ClN3OS.ClH/c15-12-4-2-1-3-11(12)13-9-18(5-6-19-13)8-10-7-17-14(16)20-10;/h1-4,7,13H,5-6,8-9H2,(H2,16,17);1H. The third-order valence-corrected chi connectivity index (χ3v) is 4.51. The molecule has 1 atom stereocenters. The van der Waals surface area contributed by atoms with Crippen LogP contribution < -0.4 is 5.73 Å². The van der Waals surface area contributed by atoms with Gasteiger partial charge in [0.15, 0.2) is 5.13 Å². The summed E-state index contributed by atoms with van der Waals surface area (Å²) in [6.07, 6.45) is 1.88. The molecule has 2 N–H and O–H groups in total. The van der Waals surface area contributed by atoms with Crippen molar-refractivity contribution in [3.8, 4) is 0 Å². The van der Waals surface area contributed by atoms with Gasteiger partial charge in [-0.15, -0.1) is 23.7 Å². The van der Waals surface area contributed by atoms with Crippen LogP contribution in [0.1, 0.15) is 16.5 Å². The van der Waals surface area contributed by atoms with Crippen LogP contribution in [0.3, 0.4) is 0 Å². The van der Waals surface area contributed by atoms with Crippen LogP contribution in [0.15, 0.2) is 30.5 Å². The number of rotatable bonds is 3. The highest BCUT2D eigenvalue weighted by Crippen LogP contribution is 2.29. The smallest absolute Gasteiger partial charge is 0.180 e. The molecule has 0 aliphatic carbocycles. The fourth-order valence-electron chi connectivity index (χ4n) is 2.39. The Labute approximate surface area is 139 Å². The second kappa shape index (κ2) is 7.42. The Kier molecular flexibility index (Phi) is 5.84. The van der Waals surface area contributed by atoms with Crippen molar-refractivity contribution in [3.63, 3.8) is 0 Å². The minimum Gasteiger partial charge on any atom is -0.375 e. The van der Waals surface area contributed by atoms with Gasteiger partial charge in [0, 0.05) is 41.3 Å². The fourth-order valence-corrected chi connectivity index (χ4v) is 3.37. The normalized spacial score (nSPS) is 19.2. The monoisotopic (exact) mass is 345 g/mol. The predicted molar refractivity (Wildman–Crippen MR) is 89.2 cm³/mol. The number of nitrogens with two attached hydrogens (primary N) is 1. The number of anilines is 1. The van der Waals surface area contributed by atoms with Gasteiger partial charge in [-0.2, -0.15) is 0 Å². The number of halogens is 2. The minimum absolute atomic E-state index is 0. The molecule has 3 rings (SSSR count). The number of nitrogen functional groups attached to an aromatic ring is 1. The van der Waals surface area contributed by atoms with Crippen LogP contribution in [-0.4, -0.2) is 29.6 Å². The maximum atomic E-state index is 6.25. The zero-order chi connectivity index (χ0) is 13.9. The molecule has 21 heavy (non-hydrogen) atoms. The number of morpholine rings is 1. The van der Waals surface area contributed by atoms with Gasteiger partial charge in [-0.25, -0.2) is 4.98 Å². The van der Waals surface area contributed by atoms with E-state index in [0.29, 0.717) is 11.7 Å². The third-order valence-electron chi connectivity index (χ3n) is 3.35. The number of nitrogens with zero attached hydrogens (tertiary/aromatic N) is 2. The molecule has 1 fully saturated rings.